The molecule has 0 bridgehead atoms. The highest BCUT2D eigenvalue weighted by molar-refractivity contribution is 6.98. The molecule has 0 saturated heterocycles. The van der Waals surface area contributed by atoms with Crippen LogP contribution in [0.4, 0.5) is 0 Å². The van der Waals surface area contributed by atoms with Crippen molar-refractivity contribution in [3.05, 3.63) is 124 Å². The van der Waals surface area contributed by atoms with Crippen molar-refractivity contribution >= 4 is 44.9 Å². The number of rotatable bonds is 1. The van der Waals surface area contributed by atoms with Crippen LogP contribution in [0.25, 0.3) is 27.6 Å². The third kappa shape index (κ3) is 3.41. The van der Waals surface area contributed by atoms with E-state index in [1.807, 2.05) is 0 Å². The van der Waals surface area contributed by atoms with E-state index in [2.05, 4.69) is 136 Å². The fourth-order valence-electron chi connectivity index (χ4n) is 7.93. The summed E-state index contributed by atoms with van der Waals surface area (Å²) in [6.45, 7) is 11.9. The third-order valence-electron chi connectivity index (χ3n) is 9.89. The minimum atomic E-state index is 0.0689. The molecular formula is C38H36BN2+. The lowest BCUT2D eigenvalue weighted by molar-refractivity contribution is -0.665. The SMILES string of the molecule is Cc1cccc2c1B1c3c(cccc3Cc3cc4c5ccccc5n(-c5cc(C(C)(C)C)cc[n+]5C)c4c(C)c31)C2. The zero-order valence-corrected chi connectivity index (χ0v) is 25.0. The van der Waals surface area contributed by atoms with E-state index in [9.17, 15) is 0 Å². The first-order chi connectivity index (χ1) is 19.7. The van der Waals surface area contributed by atoms with E-state index in [-0.39, 0.29) is 12.1 Å². The number of pyridine rings is 1. The molecule has 4 heterocycles. The van der Waals surface area contributed by atoms with Gasteiger partial charge in [-0.05, 0) is 89.8 Å². The Labute approximate surface area is 243 Å². The Morgan fingerprint density at radius 2 is 1.39 bits per heavy atom. The number of aryl methyl sites for hydroxylation is 3. The molecule has 4 aromatic carbocycles. The fourth-order valence-corrected chi connectivity index (χ4v) is 7.93. The van der Waals surface area contributed by atoms with Gasteiger partial charge in [-0.25, -0.2) is 4.57 Å². The number of para-hydroxylation sites is 1. The van der Waals surface area contributed by atoms with Crippen molar-refractivity contribution in [1.29, 1.82) is 0 Å². The maximum Gasteiger partial charge on any atom is 0.286 e. The van der Waals surface area contributed by atoms with Crippen LogP contribution in [0.3, 0.4) is 0 Å². The van der Waals surface area contributed by atoms with E-state index in [0.29, 0.717) is 0 Å². The third-order valence-corrected chi connectivity index (χ3v) is 9.89. The molecular weight excluding hydrogens is 495 g/mol. The highest BCUT2D eigenvalue weighted by atomic mass is 15.1. The molecule has 200 valence electrons. The Balaban J connectivity index is 1.51. The molecule has 2 aromatic heterocycles. The Bertz CT molecular complexity index is 2050. The molecule has 8 rings (SSSR count). The smallest absolute Gasteiger partial charge is 0.237 e. The molecule has 2 nitrogen and oxygen atoms in total. The number of aromatic nitrogens is 2. The second kappa shape index (κ2) is 8.46. The Kier molecular flexibility index (Phi) is 5.09. The summed E-state index contributed by atoms with van der Waals surface area (Å²) in [5, 5.41) is 2.69. The summed E-state index contributed by atoms with van der Waals surface area (Å²) >= 11 is 0. The average molecular weight is 532 g/mol. The van der Waals surface area contributed by atoms with Gasteiger partial charge in [0, 0.05) is 16.8 Å². The minimum Gasteiger partial charge on any atom is -0.237 e. The summed E-state index contributed by atoms with van der Waals surface area (Å²) in [5.41, 5.74) is 17.4. The van der Waals surface area contributed by atoms with Crippen LogP contribution < -0.4 is 21.0 Å². The summed E-state index contributed by atoms with van der Waals surface area (Å²) in [4.78, 5) is 0. The van der Waals surface area contributed by atoms with Gasteiger partial charge in [0.25, 0.3) is 5.82 Å². The van der Waals surface area contributed by atoms with E-state index in [4.69, 9.17) is 0 Å². The number of hydrogen-bond donors (Lipinski definition) is 0. The highest BCUT2D eigenvalue weighted by Gasteiger charge is 2.40. The van der Waals surface area contributed by atoms with E-state index < -0.39 is 0 Å². The van der Waals surface area contributed by atoms with Gasteiger partial charge in [0.2, 0.25) is 6.71 Å². The summed E-state index contributed by atoms with van der Waals surface area (Å²) in [7, 11) is 2.18. The van der Waals surface area contributed by atoms with Gasteiger partial charge in [0.15, 0.2) is 0 Å². The number of hydrogen-bond acceptors (Lipinski definition) is 0. The lowest BCUT2D eigenvalue weighted by Crippen LogP contribution is -2.62. The maximum atomic E-state index is 2.54. The van der Waals surface area contributed by atoms with Gasteiger partial charge >= 0.3 is 0 Å². The first-order valence-electron chi connectivity index (χ1n) is 15.0. The summed E-state index contributed by atoms with van der Waals surface area (Å²) in [6.07, 6.45) is 4.26. The molecule has 2 aliphatic heterocycles. The summed E-state index contributed by atoms with van der Waals surface area (Å²) < 4.78 is 4.83. The number of nitrogens with zero attached hydrogens (tertiary/aromatic N) is 2. The molecule has 0 saturated carbocycles. The van der Waals surface area contributed by atoms with Gasteiger partial charge in [0.05, 0.1) is 13.2 Å². The molecule has 0 amide bonds. The molecule has 0 fully saturated rings. The lowest BCUT2D eigenvalue weighted by atomic mass is 9.29. The molecule has 0 aliphatic carbocycles. The van der Waals surface area contributed by atoms with Crippen LogP contribution in [0.15, 0.2) is 85.1 Å². The molecule has 0 unspecified atom stereocenters. The van der Waals surface area contributed by atoms with Crippen LogP contribution in [-0.4, -0.2) is 11.3 Å². The molecule has 41 heavy (non-hydrogen) atoms. The predicted molar refractivity (Wildman–Crippen MR) is 173 cm³/mol. The van der Waals surface area contributed by atoms with Crippen LogP contribution in [0.5, 0.6) is 0 Å². The van der Waals surface area contributed by atoms with E-state index >= 15 is 0 Å². The highest BCUT2D eigenvalue weighted by Crippen LogP contribution is 2.36. The molecule has 3 heteroatoms. The van der Waals surface area contributed by atoms with Gasteiger partial charge in [0.1, 0.15) is 11.0 Å². The van der Waals surface area contributed by atoms with Crippen LogP contribution in [0, 0.1) is 13.8 Å². The van der Waals surface area contributed by atoms with Gasteiger partial charge < -0.3 is 0 Å². The van der Waals surface area contributed by atoms with Gasteiger partial charge in [-0.2, -0.15) is 4.57 Å². The second-order valence-electron chi connectivity index (χ2n) is 13.4. The van der Waals surface area contributed by atoms with Crippen molar-refractivity contribution < 1.29 is 4.57 Å². The molecule has 6 aromatic rings. The van der Waals surface area contributed by atoms with Crippen LogP contribution in [-0.2, 0) is 25.3 Å². The van der Waals surface area contributed by atoms with Crippen molar-refractivity contribution in [2.24, 2.45) is 7.05 Å². The molecule has 2 aliphatic rings. The van der Waals surface area contributed by atoms with Crippen molar-refractivity contribution in [1.82, 2.24) is 4.57 Å². The Morgan fingerprint density at radius 1 is 0.707 bits per heavy atom. The maximum absolute atomic E-state index is 2.54. The Hall–Kier alpha value is -4.11. The van der Waals surface area contributed by atoms with Crippen molar-refractivity contribution in [3.63, 3.8) is 0 Å². The van der Waals surface area contributed by atoms with Crippen LogP contribution in [0.2, 0.25) is 0 Å². The quantitative estimate of drug-likeness (QED) is 0.186. The van der Waals surface area contributed by atoms with E-state index in [1.165, 1.54) is 77.5 Å². The lowest BCUT2D eigenvalue weighted by Gasteiger charge is -2.35. The molecule has 0 N–H and O–H groups in total. The zero-order valence-electron chi connectivity index (χ0n) is 25.0. The molecule has 0 radical (unpaired) electrons. The zero-order chi connectivity index (χ0) is 28.2. The standard InChI is InChI=1S/C38H36BN2/c1-23-11-9-12-25-19-26-13-10-14-27-20-28-21-31-30-15-7-8-16-32(30)41(33-22-29(38(3,4)5)17-18-40(33)6)37(31)24(2)35(28)39(34(23)25)36(26)27/h7-18,21-22H,19-20H2,1-6H3/q+1. The first kappa shape index (κ1) is 24.7. The monoisotopic (exact) mass is 531 g/mol. The summed E-state index contributed by atoms with van der Waals surface area (Å²) in [6, 6.07) is 30.1. The van der Waals surface area contributed by atoms with Crippen molar-refractivity contribution in [3.8, 4) is 5.82 Å². The second-order valence-corrected chi connectivity index (χ2v) is 13.4. The fraction of sp³-hybridized carbons (Fsp3) is 0.237. The number of benzene rings is 4. The van der Waals surface area contributed by atoms with Gasteiger partial charge in [-0.1, -0.05) is 91.3 Å². The van der Waals surface area contributed by atoms with Gasteiger partial charge in [-0.3, -0.25) is 0 Å². The summed E-state index contributed by atoms with van der Waals surface area (Å²) in [5.74, 6) is 1.21. The van der Waals surface area contributed by atoms with Crippen LogP contribution in [0.1, 0.15) is 59.7 Å². The molecule has 0 spiro atoms. The largest absolute Gasteiger partial charge is 0.286 e. The molecule has 0 atom stereocenters. The number of fused-ring (bicyclic) bond motifs is 7. The van der Waals surface area contributed by atoms with Crippen LogP contribution >= 0.6 is 0 Å². The average Bonchev–Trinajstić information content (AvgIpc) is 3.27. The Morgan fingerprint density at radius 3 is 2.15 bits per heavy atom. The van der Waals surface area contributed by atoms with E-state index in [1.54, 1.807) is 5.46 Å². The van der Waals surface area contributed by atoms with Crippen molar-refractivity contribution in [2.45, 2.75) is 52.9 Å². The van der Waals surface area contributed by atoms with E-state index in [0.717, 1.165) is 12.8 Å². The van der Waals surface area contributed by atoms with Crippen molar-refractivity contribution in [2.75, 3.05) is 0 Å². The minimum absolute atomic E-state index is 0.0689. The normalized spacial score (nSPS) is 13.9. The van der Waals surface area contributed by atoms with Gasteiger partial charge in [-0.15, -0.1) is 0 Å². The predicted octanol–water partition coefficient (Wildman–Crippen LogP) is 5.85. The topological polar surface area (TPSA) is 8.81 Å². The first-order valence-corrected chi connectivity index (χ1v) is 15.0.